The molecule has 0 saturated carbocycles. The van der Waals surface area contributed by atoms with Gasteiger partial charge in [0.25, 0.3) is 0 Å². The second-order valence-electron chi connectivity index (χ2n) is 4.29. The summed E-state index contributed by atoms with van der Waals surface area (Å²) in [5.74, 6) is 0.364. The molecule has 2 aromatic rings. The van der Waals surface area contributed by atoms with Crippen molar-refractivity contribution in [3.05, 3.63) is 57.6 Å². The summed E-state index contributed by atoms with van der Waals surface area (Å²) in [6.45, 7) is 4.06. The molecule has 3 nitrogen and oxygen atoms in total. The average Bonchev–Trinajstić information content (AvgIpc) is 2.33. The number of carboxylic acids is 1. The highest BCUT2D eigenvalue weighted by Gasteiger charge is 2.09. The van der Waals surface area contributed by atoms with Crippen molar-refractivity contribution < 1.29 is 14.6 Å². The quantitative estimate of drug-likeness (QED) is 0.902. The third-order valence-corrected chi connectivity index (χ3v) is 3.54. The summed E-state index contributed by atoms with van der Waals surface area (Å²) in [5.41, 5.74) is 2.57. The molecule has 0 fully saturated rings. The molecule has 0 aliphatic carbocycles. The van der Waals surface area contributed by atoms with E-state index in [2.05, 4.69) is 15.9 Å². The van der Waals surface area contributed by atoms with Gasteiger partial charge in [0.2, 0.25) is 0 Å². The van der Waals surface area contributed by atoms with Crippen LogP contribution in [-0.2, 0) is 0 Å². The van der Waals surface area contributed by atoms with Gasteiger partial charge >= 0.3 is 5.97 Å². The van der Waals surface area contributed by atoms with Crippen molar-refractivity contribution in [2.24, 2.45) is 0 Å². The molecule has 1 N–H and O–H groups in total. The fourth-order valence-electron chi connectivity index (χ4n) is 1.65. The molecule has 19 heavy (non-hydrogen) atoms. The molecule has 0 heterocycles. The highest BCUT2D eigenvalue weighted by atomic mass is 79.9. The topological polar surface area (TPSA) is 46.5 Å². The number of rotatable bonds is 3. The van der Waals surface area contributed by atoms with Crippen LogP contribution < -0.4 is 4.74 Å². The number of hydrogen-bond donors (Lipinski definition) is 1. The van der Waals surface area contributed by atoms with Gasteiger partial charge in [-0.05, 0) is 71.2 Å². The Hall–Kier alpha value is -1.81. The number of carboxylic acid groups (broad SMARTS) is 1. The van der Waals surface area contributed by atoms with E-state index >= 15 is 0 Å². The van der Waals surface area contributed by atoms with Gasteiger partial charge in [-0.1, -0.05) is 6.07 Å². The lowest BCUT2D eigenvalue weighted by atomic mass is 10.1. The predicted octanol–water partition coefficient (Wildman–Crippen LogP) is 4.56. The Morgan fingerprint density at radius 1 is 1.05 bits per heavy atom. The van der Waals surface area contributed by atoms with Crippen LogP contribution in [0.4, 0.5) is 0 Å². The van der Waals surface area contributed by atoms with Crippen molar-refractivity contribution in [2.45, 2.75) is 13.8 Å². The van der Waals surface area contributed by atoms with Crippen LogP contribution in [0, 0.1) is 13.8 Å². The first-order valence-corrected chi connectivity index (χ1v) is 6.54. The van der Waals surface area contributed by atoms with Gasteiger partial charge in [-0.3, -0.25) is 0 Å². The summed E-state index contributed by atoms with van der Waals surface area (Å²) in [6.07, 6.45) is 0. The van der Waals surface area contributed by atoms with Crippen molar-refractivity contribution in [3.8, 4) is 11.5 Å². The van der Waals surface area contributed by atoms with Crippen LogP contribution in [0.1, 0.15) is 21.5 Å². The maximum Gasteiger partial charge on any atom is 0.336 e. The van der Waals surface area contributed by atoms with Gasteiger partial charge in [0.15, 0.2) is 0 Å². The Morgan fingerprint density at radius 3 is 2.26 bits per heavy atom. The second kappa shape index (κ2) is 5.45. The van der Waals surface area contributed by atoms with E-state index in [9.17, 15) is 4.79 Å². The van der Waals surface area contributed by atoms with Crippen LogP contribution >= 0.6 is 15.9 Å². The fourth-order valence-corrected chi connectivity index (χ4v) is 2.17. The van der Waals surface area contributed by atoms with Crippen molar-refractivity contribution in [1.82, 2.24) is 0 Å². The first-order chi connectivity index (χ1) is 8.97. The van der Waals surface area contributed by atoms with E-state index in [4.69, 9.17) is 9.84 Å². The number of aromatic carboxylic acids is 1. The summed E-state index contributed by atoms with van der Waals surface area (Å²) < 4.78 is 6.21. The molecule has 0 saturated heterocycles. The number of carbonyl (C=O) groups is 1. The molecule has 0 spiro atoms. The van der Waals surface area contributed by atoms with Crippen LogP contribution in [0.3, 0.4) is 0 Å². The number of hydrogen-bond acceptors (Lipinski definition) is 2. The Labute approximate surface area is 120 Å². The Kier molecular flexibility index (Phi) is 3.90. The van der Waals surface area contributed by atoms with E-state index < -0.39 is 5.97 Å². The fraction of sp³-hybridized carbons (Fsp3) is 0.133. The number of halogens is 1. The lowest BCUT2D eigenvalue weighted by Gasteiger charge is -2.09. The van der Waals surface area contributed by atoms with Crippen molar-refractivity contribution in [1.29, 1.82) is 0 Å². The van der Waals surface area contributed by atoms with Gasteiger partial charge < -0.3 is 9.84 Å². The predicted molar refractivity (Wildman–Crippen MR) is 77.1 cm³/mol. The Bertz CT molecular complexity index is 635. The van der Waals surface area contributed by atoms with E-state index in [-0.39, 0.29) is 5.56 Å². The smallest absolute Gasteiger partial charge is 0.336 e. The zero-order valence-electron chi connectivity index (χ0n) is 10.6. The van der Waals surface area contributed by atoms with Gasteiger partial charge in [-0.25, -0.2) is 4.79 Å². The van der Waals surface area contributed by atoms with Crippen LogP contribution in [0.15, 0.2) is 40.9 Å². The highest BCUT2D eigenvalue weighted by molar-refractivity contribution is 9.10. The van der Waals surface area contributed by atoms with Crippen molar-refractivity contribution >= 4 is 21.9 Å². The molecule has 0 atom stereocenters. The Balaban J connectivity index is 2.26. The molecular weight excluding hydrogens is 308 g/mol. The van der Waals surface area contributed by atoms with Gasteiger partial charge in [-0.15, -0.1) is 0 Å². The lowest BCUT2D eigenvalue weighted by molar-refractivity contribution is 0.0696. The minimum Gasteiger partial charge on any atom is -0.478 e. The monoisotopic (exact) mass is 320 g/mol. The molecule has 2 aromatic carbocycles. The molecule has 0 unspecified atom stereocenters. The van der Waals surface area contributed by atoms with Crippen molar-refractivity contribution in [2.75, 3.05) is 0 Å². The zero-order valence-corrected chi connectivity index (χ0v) is 12.2. The third-order valence-electron chi connectivity index (χ3n) is 2.89. The van der Waals surface area contributed by atoms with Gasteiger partial charge in [0.05, 0.1) is 5.56 Å². The molecule has 0 aromatic heterocycles. The summed E-state index contributed by atoms with van der Waals surface area (Å²) in [4.78, 5) is 10.9. The molecule has 0 bridgehead atoms. The number of ether oxygens (including phenoxy) is 1. The molecule has 0 amide bonds. The largest absolute Gasteiger partial charge is 0.478 e. The minimum absolute atomic E-state index is 0.215. The molecular formula is C15H13BrO3. The summed E-state index contributed by atoms with van der Waals surface area (Å²) in [5, 5.41) is 8.94. The lowest BCUT2D eigenvalue weighted by Crippen LogP contribution is -1.97. The molecule has 98 valence electrons. The first-order valence-electron chi connectivity index (χ1n) is 5.75. The molecule has 4 heteroatoms. The average molecular weight is 321 g/mol. The standard InChI is InChI=1S/C15H13BrO3/c1-9-3-4-11(7-10(9)2)19-12-5-6-13(15(17)18)14(16)8-12/h3-8H,1-2H3,(H,17,18). The minimum atomic E-state index is -0.968. The van der Waals surface area contributed by atoms with E-state index in [1.165, 1.54) is 11.6 Å². The second-order valence-corrected chi connectivity index (χ2v) is 5.15. The summed E-state index contributed by atoms with van der Waals surface area (Å²) in [7, 11) is 0. The SMILES string of the molecule is Cc1ccc(Oc2ccc(C(=O)O)c(Br)c2)cc1C. The first kappa shape index (κ1) is 13.6. The molecule has 2 rings (SSSR count). The normalized spacial score (nSPS) is 10.3. The summed E-state index contributed by atoms with van der Waals surface area (Å²) in [6, 6.07) is 10.6. The highest BCUT2D eigenvalue weighted by Crippen LogP contribution is 2.28. The van der Waals surface area contributed by atoms with Crippen LogP contribution in [0.2, 0.25) is 0 Å². The van der Waals surface area contributed by atoms with Crippen molar-refractivity contribution in [3.63, 3.8) is 0 Å². The maximum atomic E-state index is 10.9. The molecule has 0 aliphatic heterocycles. The van der Waals surface area contributed by atoms with E-state index in [1.54, 1.807) is 12.1 Å². The maximum absolute atomic E-state index is 10.9. The van der Waals surface area contributed by atoms with E-state index in [0.29, 0.717) is 10.2 Å². The van der Waals surface area contributed by atoms with Crippen LogP contribution in [-0.4, -0.2) is 11.1 Å². The summed E-state index contributed by atoms with van der Waals surface area (Å²) >= 11 is 3.23. The van der Waals surface area contributed by atoms with Gasteiger partial charge in [-0.2, -0.15) is 0 Å². The zero-order chi connectivity index (χ0) is 14.0. The van der Waals surface area contributed by atoms with Crippen LogP contribution in [0.25, 0.3) is 0 Å². The number of benzene rings is 2. The number of aryl methyl sites for hydroxylation is 2. The molecule has 0 aliphatic rings. The van der Waals surface area contributed by atoms with Crippen LogP contribution in [0.5, 0.6) is 11.5 Å². The van der Waals surface area contributed by atoms with E-state index in [1.807, 2.05) is 32.0 Å². The Morgan fingerprint density at radius 2 is 1.68 bits per heavy atom. The third kappa shape index (κ3) is 3.15. The van der Waals surface area contributed by atoms with Gasteiger partial charge in [0, 0.05) is 4.47 Å². The van der Waals surface area contributed by atoms with E-state index in [0.717, 1.165) is 11.3 Å². The molecule has 0 radical (unpaired) electrons. The van der Waals surface area contributed by atoms with Gasteiger partial charge in [0.1, 0.15) is 11.5 Å².